The topological polar surface area (TPSA) is 49.4 Å². The number of nitrogens with zero attached hydrogens (tertiary/aromatic N) is 1. The Labute approximate surface area is 98.4 Å². The van der Waals surface area contributed by atoms with Crippen molar-refractivity contribution >= 4 is 11.6 Å². The lowest BCUT2D eigenvalue weighted by atomic mass is 10.0. The monoisotopic (exact) mass is 228 g/mol. The van der Waals surface area contributed by atoms with Gasteiger partial charge >= 0.3 is 0 Å². The second-order valence-electron chi connectivity index (χ2n) is 4.58. The maximum Gasteiger partial charge on any atom is 0.163 e. The van der Waals surface area contributed by atoms with Crippen LogP contribution in [0, 0.1) is 5.92 Å². The highest BCUT2D eigenvalue weighted by atomic mass is 16.1. The molecule has 4 nitrogen and oxygen atoms in total. The molecule has 0 aliphatic carbocycles. The number of likely N-dealkylation sites (N-methyl/N-ethyl adjacent to an activating group) is 1. The van der Waals surface area contributed by atoms with Crippen LogP contribution in [0.25, 0.3) is 0 Å². The second-order valence-corrected chi connectivity index (χ2v) is 4.58. The molecule has 4 heteroatoms. The van der Waals surface area contributed by atoms with E-state index >= 15 is 0 Å². The van der Waals surface area contributed by atoms with Crippen LogP contribution in [0.5, 0.6) is 0 Å². The maximum absolute atomic E-state index is 11.6. The zero-order chi connectivity index (χ0) is 12.7. The van der Waals surface area contributed by atoms with Crippen LogP contribution in [0.3, 0.4) is 0 Å². The van der Waals surface area contributed by atoms with E-state index in [1.165, 1.54) is 0 Å². The minimum atomic E-state index is -0.254. The first-order valence-corrected chi connectivity index (χ1v) is 5.82. The molecule has 0 radical (unpaired) electrons. The highest BCUT2D eigenvalue weighted by Gasteiger charge is 2.16. The lowest BCUT2D eigenvalue weighted by molar-refractivity contribution is -0.123. The second kappa shape index (κ2) is 7.52. The molecule has 2 unspecified atom stereocenters. The van der Waals surface area contributed by atoms with Crippen molar-refractivity contribution in [3.05, 3.63) is 0 Å². The first kappa shape index (κ1) is 15.3. The van der Waals surface area contributed by atoms with Gasteiger partial charge in [-0.2, -0.15) is 0 Å². The third-order valence-electron chi connectivity index (χ3n) is 2.70. The summed E-state index contributed by atoms with van der Waals surface area (Å²) in [6, 6.07) is -0.254. The van der Waals surface area contributed by atoms with E-state index < -0.39 is 0 Å². The van der Waals surface area contributed by atoms with Crippen LogP contribution in [0.4, 0.5) is 0 Å². The summed E-state index contributed by atoms with van der Waals surface area (Å²) >= 11 is 0. The van der Waals surface area contributed by atoms with Crippen LogP contribution >= 0.6 is 0 Å². The van der Waals surface area contributed by atoms with Crippen molar-refractivity contribution in [2.75, 3.05) is 27.2 Å². The largest absolute Gasteiger partial charge is 0.302 e. The predicted octanol–water partition coefficient (Wildman–Crippen LogP) is 0.710. The van der Waals surface area contributed by atoms with Gasteiger partial charge in [0, 0.05) is 5.92 Å². The van der Waals surface area contributed by atoms with Crippen molar-refractivity contribution in [3.63, 3.8) is 0 Å². The van der Waals surface area contributed by atoms with Crippen molar-refractivity contribution in [2.45, 2.75) is 33.2 Å². The molecule has 0 spiro atoms. The maximum atomic E-state index is 11.6. The quantitative estimate of drug-likeness (QED) is 0.665. The summed E-state index contributed by atoms with van der Waals surface area (Å²) in [5, 5.41) is 2.98. The Hall–Kier alpha value is -0.740. The molecule has 0 amide bonds. The van der Waals surface area contributed by atoms with Gasteiger partial charge in [0.2, 0.25) is 0 Å². The fraction of sp³-hybridized carbons (Fsp3) is 0.833. The van der Waals surface area contributed by atoms with Crippen LogP contribution in [-0.4, -0.2) is 49.7 Å². The molecule has 0 fully saturated rings. The normalized spacial score (nSPS) is 14.9. The fourth-order valence-corrected chi connectivity index (χ4v) is 1.22. The molecule has 94 valence electrons. The van der Waals surface area contributed by atoms with E-state index in [-0.39, 0.29) is 30.1 Å². The first-order chi connectivity index (χ1) is 7.38. The lowest BCUT2D eigenvalue weighted by Gasteiger charge is -2.16. The minimum Gasteiger partial charge on any atom is -0.302 e. The van der Waals surface area contributed by atoms with Crippen molar-refractivity contribution in [1.82, 2.24) is 10.2 Å². The summed E-state index contributed by atoms with van der Waals surface area (Å²) in [5.41, 5.74) is 0. The molecule has 0 aliphatic heterocycles. The molecule has 0 aromatic heterocycles. The number of carbonyl (C=O) groups is 2. The number of carbonyl (C=O) groups excluding carboxylic acids is 2. The van der Waals surface area contributed by atoms with E-state index in [4.69, 9.17) is 0 Å². The molecular formula is C12H24N2O2. The molecule has 16 heavy (non-hydrogen) atoms. The van der Waals surface area contributed by atoms with Gasteiger partial charge in [-0.25, -0.2) is 0 Å². The van der Waals surface area contributed by atoms with Crippen LogP contribution in [-0.2, 0) is 9.59 Å². The number of rotatable bonds is 8. The summed E-state index contributed by atoms with van der Waals surface area (Å²) < 4.78 is 0. The average Bonchev–Trinajstić information content (AvgIpc) is 2.23. The van der Waals surface area contributed by atoms with Crippen molar-refractivity contribution in [1.29, 1.82) is 0 Å². The number of hydrogen-bond donors (Lipinski definition) is 1. The van der Waals surface area contributed by atoms with E-state index in [1.807, 2.05) is 32.8 Å². The van der Waals surface area contributed by atoms with E-state index in [1.54, 1.807) is 6.92 Å². The highest BCUT2D eigenvalue weighted by molar-refractivity contribution is 5.87. The molecule has 0 aliphatic rings. The van der Waals surface area contributed by atoms with Gasteiger partial charge in [0.25, 0.3) is 0 Å². The van der Waals surface area contributed by atoms with Gasteiger partial charge in [-0.3, -0.25) is 9.59 Å². The Kier molecular flexibility index (Phi) is 7.17. The molecule has 0 saturated heterocycles. The zero-order valence-electron chi connectivity index (χ0n) is 11.0. The van der Waals surface area contributed by atoms with Crippen molar-refractivity contribution in [2.24, 2.45) is 5.92 Å². The molecule has 0 aromatic rings. The third kappa shape index (κ3) is 5.98. The van der Waals surface area contributed by atoms with Crippen molar-refractivity contribution < 1.29 is 9.59 Å². The Bertz CT molecular complexity index is 239. The van der Waals surface area contributed by atoms with Crippen LogP contribution in [0.2, 0.25) is 0 Å². The molecular weight excluding hydrogens is 204 g/mol. The van der Waals surface area contributed by atoms with E-state index in [0.717, 1.165) is 6.42 Å². The molecule has 0 aromatic carbocycles. The standard InChI is InChI=1S/C12H24N2O2/c1-6-9(2)11(15)7-13-10(3)12(16)8-14(4)5/h9-10,13H,6-8H2,1-5H3. The zero-order valence-corrected chi connectivity index (χ0v) is 11.0. The summed E-state index contributed by atoms with van der Waals surface area (Å²) in [6.07, 6.45) is 0.848. The number of hydrogen-bond acceptors (Lipinski definition) is 4. The van der Waals surface area contributed by atoms with Gasteiger partial charge in [0.1, 0.15) is 5.78 Å². The van der Waals surface area contributed by atoms with Gasteiger partial charge < -0.3 is 10.2 Å². The molecule has 0 heterocycles. The Morgan fingerprint density at radius 3 is 2.19 bits per heavy atom. The summed E-state index contributed by atoms with van der Waals surface area (Å²) in [7, 11) is 3.71. The number of Topliss-reactive ketones (excluding diaryl/α,β-unsaturated/α-hetero) is 2. The number of nitrogens with one attached hydrogen (secondary N) is 1. The van der Waals surface area contributed by atoms with Gasteiger partial charge in [0.05, 0.1) is 19.1 Å². The van der Waals surface area contributed by atoms with Gasteiger partial charge in [-0.1, -0.05) is 13.8 Å². The smallest absolute Gasteiger partial charge is 0.163 e. The molecule has 2 atom stereocenters. The van der Waals surface area contributed by atoms with E-state index in [9.17, 15) is 9.59 Å². The molecule has 0 rings (SSSR count). The fourth-order valence-electron chi connectivity index (χ4n) is 1.22. The SMILES string of the molecule is CCC(C)C(=O)CNC(C)C(=O)CN(C)C. The average molecular weight is 228 g/mol. The Balaban J connectivity index is 3.93. The van der Waals surface area contributed by atoms with Crippen LogP contribution < -0.4 is 5.32 Å². The lowest BCUT2D eigenvalue weighted by Crippen LogP contribution is -2.42. The first-order valence-electron chi connectivity index (χ1n) is 5.82. The summed E-state index contributed by atoms with van der Waals surface area (Å²) in [6.45, 7) is 6.40. The molecule has 0 bridgehead atoms. The Morgan fingerprint density at radius 1 is 1.19 bits per heavy atom. The van der Waals surface area contributed by atoms with E-state index in [0.29, 0.717) is 6.54 Å². The van der Waals surface area contributed by atoms with Gasteiger partial charge in [0.15, 0.2) is 5.78 Å². The third-order valence-corrected chi connectivity index (χ3v) is 2.70. The highest BCUT2D eigenvalue weighted by Crippen LogP contribution is 2.01. The summed E-state index contributed by atoms with van der Waals surface area (Å²) in [5.74, 6) is 0.359. The van der Waals surface area contributed by atoms with Gasteiger partial charge in [-0.15, -0.1) is 0 Å². The van der Waals surface area contributed by atoms with Crippen molar-refractivity contribution in [3.8, 4) is 0 Å². The number of ketones is 2. The van der Waals surface area contributed by atoms with E-state index in [2.05, 4.69) is 5.32 Å². The minimum absolute atomic E-state index is 0.0728. The van der Waals surface area contributed by atoms with Crippen LogP contribution in [0.15, 0.2) is 0 Å². The molecule has 1 N–H and O–H groups in total. The Morgan fingerprint density at radius 2 is 1.75 bits per heavy atom. The van der Waals surface area contributed by atoms with Crippen LogP contribution in [0.1, 0.15) is 27.2 Å². The van der Waals surface area contributed by atoms with Gasteiger partial charge in [-0.05, 0) is 27.4 Å². The predicted molar refractivity (Wildman–Crippen MR) is 65.5 cm³/mol. The summed E-state index contributed by atoms with van der Waals surface area (Å²) in [4.78, 5) is 25.0. The molecule has 0 saturated carbocycles.